The van der Waals surface area contributed by atoms with Crippen molar-refractivity contribution < 1.29 is 14.3 Å². The zero-order valence-electron chi connectivity index (χ0n) is 14.2. The van der Waals surface area contributed by atoms with Crippen LogP contribution in [0.2, 0.25) is 0 Å². The van der Waals surface area contributed by atoms with E-state index in [1.165, 1.54) is 0 Å². The van der Waals surface area contributed by atoms with E-state index in [0.717, 1.165) is 40.3 Å². The van der Waals surface area contributed by atoms with Gasteiger partial charge < -0.3 is 14.8 Å². The molecule has 1 N–H and O–H groups in total. The van der Waals surface area contributed by atoms with Gasteiger partial charge in [-0.2, -0.15) is 0 Å². The fraction of sp³-hybridized carbons (Fsp3) is 0.250. The van der Waals surface area contributed by atoms with Crippen LogP contribution in [0.1, 0.15) is 23.6 Å². The van der Waals surface area contributed by atoms with E-state index in [-0.39, 0.29) is 12.5 Å². The summed E-state index contributed by atoms with van der Waals surface area (Å²) >= 11 is 0. The quantitative estimate of drug-likeness (QED) is 0.926. The van der Waals surface area contributed by atoms with Crippen LogP contribution in [0.15, 0.2) is 42.0 Å². The molecule has 0 saturated heterocycles. The molecule has 0 fully saturated rings. The van der Waals surface area contributed by atoms with E-state index in [1.54, 1.807) is 7.11 Å². The van der Waals surface area contributed by atoms with Crippen LogP contribution in [0.3, 0.4) is 0 Å². The maximum Gasteiger partial charge on any atom is 0.255 e. The van der Waals surface area contributed by atoms with E-state index in [9.17, 15) is 4.79 Å². The number of benzene rings is 2. The number of nitrogens with one attached hydrogen (secondary N) is 1. The number of carbonyl (C=O) groups excluding carboxylic acids is 1. The SMILES string of the molecule is CCc1cccc(C)c1NC(=O)C1=Cc2cc(OC)ccc2OC1. The standard InChI is InChI=1S/C20H21NO3/c1-4-14-7-5-6-13(2)19(14)21-20(22)16-10-15-11-17(23-3)8-9-18(15)24-12-16/h5-11H,4,12H2,1-3H3,(H,21,22). The molecule has 1 amide bonds. The van der Waals surface area contributed by atoms with Crippen LogP contribution in [0.5, 0.6) is 11.5 Å². The van der Waals surface area contributed by atoms with E-state index in [1.807, 2.05) is 49.4 Å². The number of hydrogen-bond acceptors (Lipinski definition) is 3. The largest absolute Gasteiger partial charge is 0.497 e. The molecule has 3 rings (SSSR count). The number of para-hydroxylation sites is 1. The van der Waals surface area contributed by atoms with Gasteiger partial charge in [-0.25, -0.2) is 0 Å². The molecule has 4 heteroatoms. The van der Waals surface area contributed by atoms with Crippen molar-refractivity contribution >= 4 is 17.7 Å². The molecular weight excluding hydrogens is 302 g/mol. The molecule has 24 heavy (non-hydrogen) atoms. The lowest BCUT2D eigenvalue weighted by molar-refractivity contribution is -0.113. The molecule has 2 aromatic rings. The topological polar surface area (TPSA) is 47.6 Å². The van der Waals surface area contributed by atoms with Gasteiger partial charge in [0.15, 0.2) is 0 Å². The van der Waals surface area contributed by atoms with E-state index in [0.29, 0.717) is 5.57 Å². The van der Waals surface area contributed by atoms with Gasteiger partial charge in [0.25, 0.3) is 5.91 Å². The minimum Gasteiger partial charge on any atom is -0.497 e. The summed E-state index contributed by atoms with van der Waals surface area (Å²) in [5, 5.41) is 3.04. The normalized spacial score (nSPS) is 12.7. The zero-order chi connectivity index (χ0) is 17.1. The van der Waals surface area contributed by atoms with Crippen molar-refractivity contribution in [3.05, 3.63) is 58.7 Å². The Morgan fingerprint density at radius 1 is 1.29 bits per heavy atom. The number of hydrogen-bond donors (Lipinski definition) is 1. The van der Waals surface area contributed by atoms with Gasteiger partial charge in [0.2, 0.25) is 0 Å². The summed E-state index contributed by atoms with van der Waals surface area (Å²) in [5.74, 6) is 1.37. The molecule has 0 unspecified atom stereocenters. The van der Waals surface area contributed by atoms with Gasteiger partial charge in [-0.15, -0.1) is 0 Å². The van der Waals surface area contributed by atoms with Gasteiger partial charge in [-0.1, -0.05) is 25.1 Å². The van der Waals surface area contributed by atoms with E-state index in [2.05, 4.69) is 12.2 Å². The molecule has 2 aromatic carbocycles. The van der Waals surface area contributed by atoms with E-state index in [4.69, 9.17) is 9.47 Å². The number of carbonyl (C=O) groups is 1. The highest BCUT2D eigenvalue weighted by Gasteiger charge is 2.19. The van der Waals surface area contributed by atoms with Crippen LogP contribution >= 0.6 is 0 Å². The smallest absolute Gasteiger partial charge is 0.255 e. The number of anilines is 1. The molecule has 0 aliphatic carbocycles. The average molecular weight is 323 g/mol. The average Bonchev–Trinajstić information content (AvgIpc) is 2.62. The highest BCUT2D eigenvalue weighted by Crippen LogP contribution is 2.30. The molecule has 1 aliphatic rings. The second kappa shape index (κ2) is 6.79. The number of fused-ring (bicyclic) bond motifs is 1. The number of aryl methyl sites for hydroxylation is 2. The number of ether oxygens (including phenoxy) is 2. The summed E-state index contributed by atoms with van der Waals surface area (Å²) in [5.41, 5.74) is 4.53. The van der Waals surface area contributed by atoms with Crippen molar-refractivity contribution in [3.63, 3.8) is 0 Å². The van der Waals surface area contributed by atoms with Gasteiger partial charge in [-0.3, -0.25) is 4.79 Å². The molecule has 0 aromatic heterocycles. The fourth-order valence-corrected chi connectivity index (χ4v) is 2.81. The van der Waals surface area contributed by atoms with Gasteiger partial charge in [0, 0.05) is 11.3 Å². The minimum absolute atomic E-state index is 0.132. The Balaban J connectivity index is 1.87. The van der Waals surface area contributed by atoms with Crippen LogP contribution < -0.4 is 14.8 Å². The Morgan fingerprint density at radius 3 is 2.88 bits per heavy atom. The molecule has 1 heterocycles. The monoisotopic (exact) mass is 323 g/mol. The number of methoxy groups -OCH3 is 1. The van der Waals surface area contributed by atoms with Gasteiger partial charge in [0.05, 0.1) is 12.7 Å². The Kier molecular flexibility index (Phi) is 4.56. The lowest BCUT2D eigenvalue weighted by Crippen LogP contribution is -2.22. The maximum atomic E-state index is 12.7. The summed E-state index contributed by atoms with van der Waals surface area (Å²) in [6.45, 7) is 4.34. The van der Waals surface area contributed by atoms with Crippen molar-refractivity contribution in [2.24, 2.45) is 0 Å². The van der Waals surface area contributed by atoms with Crippen molar-refractivity contribution in [1.29, 1.82) is 0 Å². The number of rotatable bonds is 4. The molecular formula is C20H21NO3. The van der Waals surface area contributed by atoms with Crippen LogP contribution in [0.4, 0.5) is 5.69 Å². The highest BCUT2D eigenvalue weighted by molar-refractivity contribution is 6.08. The summed E-state index contributed by atoms with van der Waals surface area (Å²) in [4.78, 5) is 12.7. The third-order valence-electron chi connectivity index (χ3n) is 4.20. The maximum absolute atomic E-state index is 12.7. The third-order valence-corrected chi connectivity index (χ3v) is 4.20. The molecule has 0 saturated carbocycles. The Hall–Kier alpha value is -2.75. The molecule has 4 nitrogen and oxygen atoms in total. The second-order valence-electron chi connectivity index (χ2n) is 5.78. The van der Waals surface area contributed by atoms with Crippen LogP contribution in [0.25, 0.3) is 6.08 Å². The molecule has 124 valence electrons. The summed E-state index contributed by atoms with van der Waals surface area (Å²) in [6.07, 6.45) is 2.73. The van der Waals surface area contributed by atoms with Gasteiger partial charge >= 0.3 is 0 Å². The highest BCUT2D eigenvalue weighted by atomic mass is 16.5. The van der Waals surface area contributed by atoms with Crippen molar-refractivity contribution in [1.82, 2.24) is 0 Å². The first-order chi connectivity index (χ1) is 11.6. The van der Waals surface area contributed by atoms with Crippen molar-refractivity contribution in [3.8, 4) is 11.5 Å². The van der Waals surface area contributed by atoms with Crippen LogP contribution in [0, 0.1) is 6.92 Å². The van der Waals surface area contributed by atoms with Crippen molar-refractivity contribution in [2.45, 2.75) is 20.3 Å². The lowest BCUT2D eigenvalue weighted by Gasteiger charge is -2.19. The van der Waals surface area contributed by atoms with E-state index >= 15 is 0 Å². The van der Waals surface area contributed by atoms with Crippen LogP contribution in [-0.4, -0.2) is 19.6 Å². The predicted octanol–water partition coefficient (Wildman–Crippen LogP) is 3.98. The first-order valence-corrected chi connectivity index (χ1v) is 8.03. The Morgan fingerprint density at radius 2 is 2.12 bits per heavy atom. The summed E-state index contributed by atoms with van der Waals surface area (Å²) < 4.78 is 10.9. The van der Waals surface area contributed by atoms with Gasteiger partial charge in [0.1, 0.15) is 18.1 Å². The fourth-order valence-electron chi connectivity index (χ4n) is 2.81. The zero-order valence-corrected chi connectivity index (χ0v) is 14.2. The minimum atomic E-state index is -0.132. The van der Waals surface area contributed by atoms with Crippen molar-refractivity contribution in [2.75, 3.05) is 19.0 Å². The molecule has 0 radical (unpaired) electrons. The van der Waals surface area contributed by atoms with Crippen LogP contribution in [-0.2, 0) is 11.2 Å². The Bertz CT molecular complexity index is 809. The second-order valence-corrected chi connectivity index (χ2v) is 5.78. The number of amides is 1. The van der Waals surface area contributed by atoms with Gasteiger partial charge in [-0.05, 0) is 48.7 Å². The predicted molar refractivity (Wildman–Crippen MR) is 95.7 cm³/mol. The molecule has 0 atom stereocenters. The van der Waals surface area contributed by atoms with E-state index < -0.39 is 0 Å². The summed E-state index contributed by atoms with van der Waals surface area (Å²) in [7, 11) is 1.62. The lowest BCUT2D eigenvalue weighted by atomic mass is 10.0. The Labute approximate surface area is 142 Å². The molecule has 1 aliphatic heterocycles. The third kappa shape index (κ3) is 3.13. The summed E-state index contributed by atoms with van der Waals surface area (Å²) in [6, 6.07) is 11.6. The first kappa shape index (κ1) is 16.1. The molecule has 0 bridgehead atoms. The molecule has 0 spiro atoms. The first-order valence-electron chi connectivity index (χ1n) is 8.03.